The quantitative estimate of drug-likeness (QED) is 0.431. The van der Waals surface area contributed by atoms with Crippen LogP contribution in [0.15, 0.2) is 66.0 Å². The molecule has 0 spiro atoms. The third-order valence-corrected chi connectivity index (χ3v) is 6.74. The van der Waals surface area contributed by atoms with E-state index in [0.29, 0.717) is 0 Å². The van der Waals surface area contributed by atoms with Gasteiger partial charge in [-0.15, -0.1) is 11.3 Å². The largest absolute Gasteiger partial charge is 0.369 e. The van der Waals surface area contributed by atoms with Gasteiger partial charge in [0.25, 0.3) is 0 Å². The predicted octanol–water partition coefficient (Wildman–Crippen LogP) is 5.33. The topological polar surface area (TPSA) is 44.3 Å². The molecule has 1 saturated heterocycles. The van der Waals surface area contributed by atoms with E-state index < -0.39 is 0 Å². The van der Waals surface area contributed by atoms with Gasteiger partial charge in [-0.05, 0) is 48.2 Å². The minimum Gasteiger partial charge on any atom is -0.369 e. The Labute approximate surface area is 191 Å². The fourth-order valence-corrected chi connectivity index (χ4v) is 4.83. The van der Waals surface area contributed by atoms with Crippen LogP contribution >= 0.6 is 22.9 Å². The van der Waals surface area contributed by atoms with Crippen LogP contribution in [0.3, 0.4) is 0 Å². The van der Waals surface area contributed by atoms with Gasteiger partial charge in [0.1, 0.15) is 5.82 Å². The highest BCUT2D eigenvalue weighted by Crippen LogP contribution is 2.26. The van der Waals surface area contributed by atoms with Crippen molar-refractivity contribution in [1.82, 2.24) is 9.97 Å². The highest BCUT2D eigenvalue weighted by molar-refractivity contribution is 7.09. The van der Waals surface area contributed by atoms with Gasteiger partial charge in [0.15, 0.2) is 0 Å². The van der Waals surface area contributed by atoms with E-state index in [9.17, 15) is 0 Å². The number of para-hydroxylation sites is 1. The molecule has 1 aliphatic heterocycles. The Morgan fingerprint density at radius 3 is 2.55 bits per heavy atom. The van der Waals surface area contributed by atoms with Crippen LogP contribution in [0.1, 0.15) is 4.88 Å². The summed E-state index contributed by atoms with van der Waals surface area (Å²) >= 11 is 7.97. The Hall–Kier alpha value is -2.83. The molecule has 5 nitrogen and oxygen atoms in total. The van der Waals surface area contributed by atoms with E-state index >= 15 is 0 Å². The second kappa shape index (κ2) is 9.12. The van der Waals surface area contributed by atoms with E-state index in [2.05, 4.69) is 50.8 Å². The molecule has 3 heterocycles. The van der Waals surface area contributed by atoms with Crippen molar-refractivity contribution < 1.29 is 0 Å². The summed E-state index contributed by atoms with van der Waals surface area (Å²) in [5.74, 6) is 1.71. The Balaban J connectivity index is 1.32. The zero-order chi connectivity index (χ0) is 21.0. The second-order valence-electron chi connectivity index (χ2n) is 7.60. The molecule has 2 aromatic heterocycles. The number of aromatic nitrogens is 2. The molecule has 0 saturated carbocycles. The third-order valence-electron chi connectivity index (χ3n) is 5.57. The Kier molecular flexibility index (Phi) is 5.91. The van der Waals surface area contributed by atoms with Crippen LogP contribution in [-0.2, 0) is 6.42 Å². The van der Waals surface area contributed by atoms with Crippen molar-refractivity contribution in [3.63, 3.8) is 0 Å². The van der Waals surface area contributed by atoms with E-state index in [1.807, 2.05) is 30.3 Å². The first kappa shape index (κ1) is 20.1. The lowest BCUT2D eigenvalue weighted by Crippen LogP contribution is -2.47. The summed E-state index contributed by atoms with van der Waals surface area (Å²) in [6.07, 6.45) is 0.990. The van der Waals surface area contributed by atoms with E-state index in [1.165, 1.54) is 10.6 Å². The van der Waals surface area contributed by atoms with Crippen LogP contribution in [0, 0.1) is 0 Å². The van der Waals surface area contributed by atoms with E-state index in [4.69, 9.17) is 21.6 Å². The van der Waals surface area contributed by atoms with Gasteiger partial charge in [0, 0.05) is 53.7 Å². The number of nitrogens with one attached hydrogen (secondary N) is 1. The molecule has 158 valence electrons. The van der Waals surface area contributed by atoms with Crippen LogP contribution < -0.4 is 15.1 Å². The number of piperazine rings is 1. The minimum atomic E-state index is 0.774. The summed E-state index contributed by atoms with van der Waals surface area (Å²) < 4.78 is 0. The molecule has 0 unspecified atom stereocenters. The number of nitrogens with zero attached hydrogens (tertiary/aromatic N) is 4. The van der Waals surface area contributed by atoms with Crippen LogP contribution in [0.4, 0.5) is 17.5 Å². The van der Waals surface area contributed by atoms with E-state index in [-0.39, 0.29) is 0 Å². The molecule has 4 aromatic rings. The smallest absolute Gasteiger partial charge is 0.228 e. The molecule has 1 fully saturated rings. The molecular formula is C24H24ClN5S. The molecular weight excluding hydrogens is 426 g/mol. The van der Waals surface area contributed by atoms with Crippen molar-refractivity contribution in [2.75, 3.05) is 47.8 Å². The number of anilines is 3. The first-order valence-electron chi connectivity index (χ1n) is 10.5. The van der Waals surface area contributed by atoms with Gasteiger partial charge in [0.2, 0.25) is 5.95 Å². The summed E-state index contributed by atoms with van der Waals surface area (Å²) in [7, 11) is 0. The SMILES string of the molecule is Clc1cccc(N2CCN(c3nc(NCCc4cccs4)c4ccccc4n3)CC2)c1. The average Bonchev–Trinajstić information content (AvgIpc) is 3.33. The summed E-state index contributed by atoms with van der Waals surface area (Å²) in [6, 6.07) is 20.6. The molecule has 31 heavy (non-hydrogen) atoms. The number of hydrogen-bond acceptors (Lipinski definition) is 6. The van der Waals surface area contributed by atoms with E-state index in [1.54, 1.807) is 11.3 Å². The summed E-state index contributed by atoms with van der Waals surface area (Å²) in [6.45, 7) is 4.43. The van der Waals surface area contributed by atoms with Crippen molar-refractivity contribution in [2.45, 2.75) is 6.42 Å². The summed E-state index contributed by atoms with van der Waals surface area (Å²) in [4.78, 5) is 15.8. The fraction of sp³-hybridized carbons (Fsp3) is 0.250. The number of hydrogen-bond donors (Lipinski definition) is 1. The Morgan fingerprint density at radius 1 is 0.903 bits per heavy atom. The van der Waals surface area contributed by atoms with Crippen molar-refractivity contribution in [3.8, 4) is 0 Å². The number of fused-ring (bicyclic) bond motifs is 1. The number of thiophene rings is 1. The lowest BCUT2D eigenvalue weighted by atomic mass is 10.2. The van der Waals surface area contributed by atoms with Crippen LogP contribution in [-0.4, -0.2) is 42.7 Å². The number of halogens is 1. The zero-order valence-electron chi connectivity index (χ0n) is 17.2. The second-order valence-corrected chi connectivity index (χ2v) is 9.07. The molecule has 0 radical (unpaired) electrons. The fourth-order valence-electron chi connectivity index (χ4n) is 3.94. The molecule has 5 rings (SSSR count). The van der Waals surface area contributed by atoms with Gasteiger partial charge < -0.3 is 15.1 Å². The molecule has 1 aliphatic rings. The average molecular weight is 450 g/mol. The normalized spacial score (nSPS) is 14.2. The number of rotatable bonds is 6. The molecule has 2 aromatic carbocycles. The van der Waals surface area contributed by atoms with Crippen LogP contribution in [0.5, 0.6) is 0 Å². The van der Waals surface area contributed by atoms with E-state index in [0.717, 1.165) is 66.8 Å². The Morgan fingerprint density at radius 2 is 1.74 bits per heavy atom. The van der Waals surface area contributed by atoms with Crippen LogP contribution in [0.2, 0.25) is 5.02 Å². The molecule has 0 amide bonds. The van der Waals surface area contributed by atoms with Gasteiger partial charge >= 0.3 is 0 Å². The number of benzene rings is 2. The van der Waals surface area contributed by atoms with Crippen molar-refractivity contribution in [3.05, 3.63) is 75.9 Å². The van der Waals surface area contributed by atoms with Gasteiger partial charge in [-0.3, -0.25) is 0 Å². The monoisotopic (exact) mass is 449 g/mol. The molecule has 0 atom stereocenters. The highest BCUT2D eigenvalue weighted by atomic mass is 35.5. The third kappa shape index (κ3) is 4.60. The van der Waals surface area contributed by atoms with Crippen molar-refractivity contribution in [1.29, 1.82) is 0 Å². The van der Waals surface area contributed by atoms with Gasteiger partial charge in [-0.2, -0.15) is 4.98 Å². The lowest BCUT2D eigenvalue weighted by Gasteiger charge is -2.36. The summed E-state index contributed by atoms with van der Waals surface area (Å²) in [5.41, 5.74) is 2.14. The maximum atomic E-state index is 6.17. The molecule has 7 heteroatoms. The first-order chi connectivity index (χ1) is 15.3. The Bertz CT molecular complexity index is 1160. The molecule has 1 N–H and O–H groups in total. The minimum absolute atomic E-state index is 0.774. The van der Waals surface area contributed by atoms with Gasteiger partial charge in [0.05, 0.1) is 5.52 Å². The maximum Gasteiger partial charge on any atom is 0.228 e. The standard InChI is InChI=1S/C24H24ClN5S/c25-18-5-3-6-19(17-18)29-12-14-30(15-13-29)24-27-22-9-2-1-8-21(22)23(28-24)26-11-10-20-7-4-16-31-20/h1-9,16-17H,10-15H2,(H,26,27,28). The molecule has 0 bridgehead atoms. The predicted molar refractivity (Wildman–Crippen MR) is 132 cm³/mol. The van der Waals surface area contributed by atoms with Crippen LogP contribution in [0.25, 0.3) is 10.9 Å². The van der Waals surface area contributed by atoms with Crippen molar-refractivity contribution in [2.24, 2.45) is 0 Å². The highest BCUT2D eigenvalue weighted by Gasteiger charge is 2.21. The summed E-state index contributed by atoms with van der Waals surface area (Å²) in [5, 5.41) is 7.51. The zero-order valence-corrected chi connectivity index (χ0v) is 18.7. The van der Waals surface area contributed by atoms with Gasteiger partial charge in [-0.1, -0.05) is 35.9 Å². The maximum absolute atomic E-state index is 6.17. The van der Waals surface area contributed by atoms with Gasteiger partial charge in [-0.25, -0.2) is 4.98 Å². The van der Waals surface area contributed by atoms with Crippen molar-refractivity contribution >= 4 is 51.3 Å². The molecule has 0 aliphatic carbocycles. The first-order valence-corrected chi connectivity index (χ1v) is 11.8. The lowest BCUT2D eigenvalue weighted by molar-refractivity contribution is 0.641.